The molecule has 1 amide bonds. The minimum absolute atomic E-state index is 0.474. The number of benzene rings is 2. The number of carbonyl (C=O) groups is 1. The van der Waals surface area contributed by atoms with Gasteiger partial charge in [0, 0.05) is 34.1 Å². The quantitative estimate of drug-likeness (QED) is 0.431. The Hall–Kier alpha value is -1.22. The highest BCUT2D eigenvalue weighted by Crippen LogP contribution is 2.41. The van der Waals surface area contributed by atoms with Crippen LogP contribution in [0.5, 0.6) is 0 Å². The van der Waals surface area contributed by atoms with Crippen molar-refractivity contribution in [3.8, 4) is 0 Å². The Morgan fingerprint density at radius 1 is 0.571 bits per heavy atom. The maximum Gasteiger partial charge on any atom is 0.195 e. The van der Waals surface area contributed by atoms with Gasteiger partial charge in [0.25, 0.3) is 0 Å². The molecular formula is C22H37NOSi4. The lowest BCUT2D eigenvalue weighted by molar-refractivity contribution is 0.265. The standard InChI is InChI=1S/C22H37NOSi4/c1-25(2,3)28(26(4,5)6,27(7,8)9)22(24)23(20-16-12-10-13-17-20)21-18-14-11-15-19-21/h10-19H,1-9H3. The first-order valence-electron chi connectivity index (χ1n) is 10.2. The number of hydrogen-bond donors (Lipinski definition) is 0. The zero-order chi connectivity index (χ0) is 21.4. The first kappa shape index (κ1) is 23.1. The molecule has 0 aliphatic carbocycles. The molecule has 0 aromatic heterocycles. The predicted molar refractivity (Wildman–Crippen MR) is 136 cm³/mol. The van der Waals surface area contributed by atoms with Crippen molar-refractivity contribution >= 4 is 46.3 Å². The van der Waals surface area contributed by atoms with E-state index in [9.17, 15) is 4.79 Å². The van der Waals surface area contributed by atoms with Gasteiger partial charge in [-0.05, 0) is 24.3 Å². The number of carbonyl (C=O) groups excluding carboxylic acids is 1. The highest BCUT2D eigenvalue weighted by molar-refractivity contribution is 7.97. The van der Waals surface area contributed by atoms with E-state index in [1.807, 2.05) is 36.4 Å². The number of para-hydroxylation sites is 2. The van der Waals surface area contributed by atoms with Crippen LogP contribution in [0.1, 0.15) is 0 Å². The lowest BCUT2D eigenvalue weighted by atomic mass is 10.2. The molecule has 0 aliphatic heterocycles. The summed E-state index contributed by atoms with van der Waals surface area (Å²) in [6, 6.07) is 20.6. The Bertz CT molecular complexity index is 727. The molecular weight excluding hydrogens is 407 g/mol. The van der Waals surface area contributed by atoms with Crippen LogP contribution in [-0.2, 0) is 0 Å². The number of nitrogens with zero attached hydrogens (tertiary/aromatic N) is 1. The van der Waals surface area contributed by atoms with Crippen LogP contribution in [0.2, 0.25) is 58.9 Å². The van der Waals surface area contributed by atoms with Crippen molar-refractivity contribution in [1.29, 1.82) is 0 Å². The monoisotopic (exact) mass is 443 g/mol. The summed E-state index contributed by atoms with van der Waals surface area (Å²) in [7, 11) is -5.18. The molecule has 2 aromatic rings. The molecule has 0 radical (unpaired) electrons. The normalized spacial score (nSPS) is 13.3. The second-order valence-electron chi connectivity index (χ2n) is 10.8. The minimum Gasteiger partial charge on any atom is -0.286 e. The number of rotatable bonds is 6. The molecule has 152 valence electrons. The van der Waals surface area contributed by atoms with Crippen molar-refractivity contribution in [2.75, 3.05) is 4.90 Å². The van der Waals surface area contributed by atoms with Crippen LogP contribution < -0.4 is 4.90 Å². The second-order valence-corrected chi connectivity index (χ2v) is 51.0. The molecule has 0 aliphatic rings. The molecule has 6 heteroatoms. The van der Waals surface area contributed by atoms with Crippen LogP contribution >= 0.6 is 0 Å². The average Bonchev–Trinajstić information content (AvgIpc) is 2.53. The lowest BCUT2D eigenvalue weighted by Gasteiger charge is -2.56. The third-order valence-electron chi connectivity index (χ3n) is 5.93. The number of anilines is 2. The maximum atomic E-state index is 14.8. The fraction of sp³-hybridized carbons (Fsp3) is 0.409. The van der Waals surface area contributed by atoms with E-state index in [2.05, 4.69) is 88.1 Å². The van der Waals surface area contributed by atoms with Gasteiger partial charge in [-0.15, -0.1) is 0 Å². The first-order valence-corrected chi connectivity index (χ1v) is 25.7. The molecule has 0 fully saturated rings. The summed E-state index contributed by atoms with van der Waals surface area (Å²) < 4.78 is 0. The SMILES string of the molecule is C[Si](C)(C)[Si](C(=O)N(c1ccccc1)c1ccccc1)([Si](C)(C)C)[Si](C)(C)C. The number of hydrogen-bond acceptors (Lipinski definition) is 1. The van der Waals surface area contributed by atoms with Crippen molar-refractivity contribution in [2.45, 2.75) is 58.9 Å². The number of amides is 1. The molecule has 2 rings (SSSR count). The molecule has 28 heavy (non-hydrogen) atoms. The van der Waals surface area contributed by atoms with Gasteiger partial charge in [-0.1, -0.05) is 95.3 Å². The lowest BCUT2D eigenvalue weighted by Crippen LogP contribution is -2.88. The van der Waals surface area contributed by atoms with Gasteiger partial charge in [0.2, 0.25) is 0 Å². The molecule has 0 saturated heterocycles. The van der Waals surface area contributed by atoms with Gasteiger partial charge in [0.05, 0.1) is 0 Å². The highest BCUT2D eigenvalue weighted by atomic mass is 29.9. The van der Waals surface area contributed by atoms with Crippen LogP contribution in [0.3, 0.4) is 0 Å². The van der Waals surface area contributed by atoms with Crippen LogP contribution in [0.25, 0.3) is 0 Å². The molecule has 0 bridgehead atoms. The summed E-state index contributed by atoms with van der Waals surface area (Å²) in [5.74, 6) is 0. The summed E-state index contributed by atoms with van der Waals surface area (Å²) >= 11 is 0. The molecule has 2 nitrogen and oxygen atoms in total. The van der Waals surface area contributed by atoms with Crippen molar-refractivity contribution in [2.24, 2.45) is 0 Å². The summed E-state index contributed by atoms with van der Waals surface area (Å²) in [6.45, 7) is 20.0. The fourth-order valence-electron chi connectivity index (χ4n) is 6.04. The Morgan fingerprint density at radius 2 is 0.857 bits per heavy atom. The summed E-state index contributed by atoms with van der Waals surface area (Å²) in [5.41, 5.74) is 2.48. The van der Waals surface area contributed by atoms with Gasteiger partial charge >= 0.3 is 0 Å². The van der Waals surface area contributed by atoms with Crippen LogP contribution in [0, 0.1) is 0 Å². The zero-order valence-electron chi connectivity index (χ0n) is 19.1. The highest BCUT2D eigenvalue weighted by Gasteiger charge is 2.68. The van der Waals surface area contributed by atoms with E-state index in [1.54, 1.807) is 0 Å². The van der Waals surface area contributed by atoms with E-state index >= 15 is 0 Å². The van der Waals surface area contributed by atoms with E-state index in [1.165, 1.54) is 0 Å². The molecule has 0 saturated carbocycles. The van der Waals surface area contributed by atoms with Crippen molar-refractivity contribution in [1.82, 2.24) is 0 Å². The molecule has 2 aromatic carbocycles. The molecule has 0 heterocycles. The smallest absolute Gasteiger partial charge is 0.195 e. The van der Waals surface area contributed by atoms with Crippen LogP contribution in [-0.4, -0.2) is 34.9 Å². The van der Waals surface area contributed by atoms with Crippen LogP contribution in [0.4, 0.5) is 16.2 Å². The van der Waals surface area contributed by atoms with E-state index < -0.39 is 29.4 Å². The van der Waals surface area contributed by atoms with E-state index in [0.717, 1.165) is 11.4 Å². The Labute approximate surface area is 175 Å². The van der Waals surface area contributed by atoms with E-state index in [0.29, 0.717) is 5.53 Å². The summed E-state index contributed by atoms with van der Waals surface area (Å²) in [4.78, 5) is 16.9. The first-order chi connectivity index (χ1) is 12.7. The van der Waals surface area contributed by atoms with Gasteiger partial charge < -0.3 is 0 Å². The molecule has 0 unspecified atom stereocenters. The third-order valence-corrected chi connectivity index (χ3v) is 76.2. The fourth-order valence-corrected chi connectivity index (χ4v) is 103. The van der Waals surface area contributed by atoms with Gasteiger partial charge in [0.1, 0.15) is 6.63 Å². The van der Waals surface area contributed by atoms with Gasteiger partial charge in [-0.2, -0.15) is 0 Å². The van der Waals surface area contributed by atoms with Crippen molar-refractivity contribution < 1.29 is 4.79 Å². The second kappa shape index (κ2) is 7.89. The van der Waals surface area contributed by atoms with Crippen molar-refractivity contribution in [3.05, 3.63) is 60.7 Å². The molecule has 0 spiro atoms. The Kier molecular flexibility index (Phi) is 6.50. The Morgan fingerprint density at radius 3 is 1.11 bits per heavy atom. The van der Waals surface area contributed by atoms with Crippen molar-refractivity contribution in [3.63, 3.8) is 0 Å². The van der Waals surface area contributed by atoms with E-state index in [4.69, 9.17) is 0 Å². The minimum atomic E-state index is -2.23. The molecule has 0 N–H and O–H groups in total. The zero-order valence-corrected chi connectivity index (χ0v) is 23.1. The van der Waals surface area contributed by atoms with Gasteiger partial charge in [-0.3, -0.25) is 9.69 Å². The third kappa shape index (κ3) is 3.92. The van der Waals surface area contributed by atoms with E-state index in [-0.39, 0.29) is 0 Å². The largest absolute Gasteiger partial charge is 0.286 e. The van der Waals surface area contributed by atoms with Gasteiger partial charge in [0.15, 0.2) is 5.53 Å². The average molecular weight is 444 g/mol. The maximum absolute atomic E-state index is 14.8. The predicted octanol–water partition coefficient (Wildman–Crippen LogP) is 7.23. The van der Waals surface area contributed by atoms with Crippen LogP contribution in [0.15, 0.2) is 60.7 Å². The molecule has 0 atom stereocenters. The summed E-state index contributed by atoms with van der Waals surface area (Å²) in [5, 5.41) is 0. The Balaban J connectivity index is 2.86. The summed E-state index contributed by atoms with van der Waals surface area (Å²) in [6.07, 6.45) is 0. The van der Waals surface area contributed by atoms with Gasteiger partial charge in [-0.25, -0.2) is 0 Å². The topological polar surface area (TPSA) is 20.3 Å².